The third kappa shape index (κ3) is 18.5. The van der Waals surface area contributed by atoms with Gasteiger partial charge in [-0.15, -0.1) is 0 Å². The number of nitrogen functional groups attached to an aromatic ring is 3. The van der Waals surface area contributed by atoms with Gasteiger partial charge in [0.15, 0.2) is 93.7 Å². The summed E-state index contributed by atoms with van der Waals surface area (Å²) in [6.45, 7) is 4.30. The predicted molar refractivity (Wildman–Crippen MR) is 393 cm³/mol. The molecular weight excluding hydrogens is 1470 g/mol. The number of nitrogens with zero attached hydrogens (tertiary/aromatic N) is 19. The normalized spacial score (nSPS) is 27.1. The van der Waals surface area contributed by atoms with Crippen LogP contribution in [-0.2, 0) is 33.3 Å². The summed E-state index contributed by atoms with van der Waals surface area (Å²) in [4.78, 5) is 81.3. The zero-order valence-corrected chi connectivity index (χ0v) is 61.3. The number of nitrogens with two attached hydrogens (primary N) is 3. The lowest BCUT2D eigenvalue weighted by molar-refractivity contribution is -0.117. The summed E-state index contributed by atoms with van der Waals surface area (Å²) in [6, 6.07) is 1.62. The zero-order chi connectivity index (χ0) is 82.6. The summed E-state index contributed by atoms with van der Waals surface area (Å²) in [5.74, 6) is 0.901. The molecule has 1 unspecified atom stereocenters. The number of carbonyl (C=O) groups excluding carboxylic acids is 2. The number of unbranched alkanes of at least 4 members (excludes halogenated alkanes) is 8. The van der Waals surface area contributed by atoms with Crippen molar-refractivity contribution in [2.75, 3.05) is 60.9 Å². The van der Waals surface area contributed by atoms with E-state index in [9.17, 15) is 60.7 Å². The molecule has 5 aliphatic heterocycles. The topological polar surface area (TPSA) is 651 Å². The Bertz CT molecular complexity index is 4910. The van der Waals surface area contributed by atoms with Gasteiger partial charge in [-0.2, -0.15) is 0 Å². The van der Waals surface area contributed by atoms with Crippen LogP contribution < -0.4 is 27.8 Å². The van der Waals surface area contributed by atoms with Crippen LogP contribution in [0.25, 0.3) is 55.8 Å². The molecule has 0 radical (unpaired) electrons. The second-order valence-electron chi connectivity index (χ2n) is 27.1. The molecule has 21 N–H and O–H groups in total. The van der Waals surface area contributed by atoms with Gasteiger partial charge in [0.2, 0.25) is 11.8 Å². The number of pyridine rings is 1. The van der Waals surface area contributed by atoms with Crippen LogP contribution in [-0.4, -0.2) is 283 Å². The number of aromatic nitrogens is 19. The first-order chi connectivity index (χ1) is 55.3. The molecule has 0 saturated carbocycles. The number of amides is 2. The average molecular weight is 1570 g/mol. The molecule has 15 heterocycles. The van der Waals surface area contributed by atoms with Crippen molar-refractivity contribution in [2.24, 2.45) is 0 Å². The van der Waals surface area contributed by atoms with Crippen LogP contribution in [0.3, 0.4) is 0 Å². The van der Waals surface area contributed by atoms with Gasteiger partial charge in [-0.25, -0.2) is 69.8 Å². The van der Waals surface area contributed by atoms with E-state index in [0.29, 0.717) is 70.1 Å². The molecular formula is C68H96N24O20. The van der Waals surface area contributed by atoms with Gasteiger partial charge >= 0.3 is 0 Å². The molecule has 18 atom stereocenters. The number of fused-ring (bicyclic) bond motifs is 5. The fourth-order valence-corrected chi connectivity index (χ4v) is 13.2. The molecule has 44 nitrogen and oxygen atoms in total. The van der Waals surface area contributed by atoms with Crippen LogP contribution in [0.4, 0.5) is 29.0 Å². The SMILES string of the molecule is CCCCCCCC(=O)Nc1ncnc2c1ncn2[C@@H]1O[C@H](CO)C[C@H]1O.CCCCCCCC(=O)Nc1ncnc2c1ncn2[C@@H]1O[C@H](CO)[C@H](O)[C@H]1O.Nc1ccnc2c1ncn2[C@@H]1O[C@H](CO)C(O)[C@@H]1O.[2H]c1nc(N)c2nc([2H])n([C@@H]3O[C@H](CO)C[C@H]3O)c2n1.[2H]c1nc2c(N)nc(C)nc2n1[C@@H]1O[C@H](CO)[C@H](O)[C@H]1O. The molecule has 0 aliphatic carbocycles. The first-order valence-electron chi connectivity index (χ1n) is 38.0. The van der Waals surface area contributed by atoms with Crippen LogP contribution >= 0.6 is 0 Å². The summed E-state index contributed by atoms with van der Waals surface area (Å²) in [6.07, 6.45) is 2.78. The Morgan fingerprint density at radius 3 is 1.30 bits per heavy atom. The van der Waals surface area contributed by atoms with E-state index in [0.717, 1.165) is 44.9 Å². The van der Waals surface area contributed by atoms with Gasteiger partial charge in [-0.3, -0.25) is 32.4 Å². The highest BCUT2D eigenvalue weighted by Crippen LogP contribution is 2.38. The number of hydrogen-bond donors (Lipinski definition) is 18. The molecule has 5 aliphatic rings. The Hall–Kier alpha value is -9.56. The largest absolute Gasteiger partial charge is 0.397 e. The third-order valence-electron chi connectivity index (χ3n) is 19.1. The number of aryl methyl sites for hydroxylation is 1. The average Bonchev–Trinajstić information content (AvgIpc) is 1.63. The summed E-state index contributed by atoms with van der Waals surface area (Å²) < 4.78 is 57.8. The fraction of sp³-hybridized carbons (Fsp3) is 0.588. The summed E-state index contributed by atoms with van der Waals surface area (Å²) in [5.41, 5.74) is 21.0. The van der Waals surface area contributed by atoms with E-state index in [1.54, 1.807) is 17.6 Å². The molecule has 10 aromatic rings. The Morgan fingerprint density at radius 1 is 0.446 bits per heavy atom. The smallest absolute Gasteiger partial charge is 0.225 e. The number of aliphatic hydroxyl groups excluding tert-OH is 13. The van der Waals surface area contributed by atoms with Gasteiger partial charge < -0.3 is 118 Å². The number of anilines is 5. The highest BCUT2D eigenvalue weighted by Gasteiger charge is 2.47. The summed E-state index contributed by atoms with van der Waals surface area (Å²) in [7, 11) is 0. The van der Waals surface area contributed by atoms with Crippen molar-refractivity contribution in [3.8, 4) is 0 Å². The number of hydrogen-bond acceptors (Lipinski definition) is 37. The van der Waals surface area contributed by atoms with Crippen LogP contribution in [0.1, 0.15) is 145 Å². The second-order valence-corrected chi connectivity index (χ2v) is 27.1. The Labute approximate surface area is 641 Å². The minimum absolute atomic E-state index is 0.00144. The van der Waals surface area contributed by atoms with Crippen LogP contribution in [0.2, 0.25) is 0 Å². The zero-order valence-electron chi connectivity index (χ0n) is 64.3. The standard InChI is InChI=1S/C18H27N5O5.C18H27N5O4.C11H15N5O4.C11H14N4O4.C10H13N5O3/c1-2-3-4-5-6-7-12(25)22-16-13-17(20-9-19-16)23(10-21-13)18-15(27)14(26)11(8-24)28-18;1-2-3-4-5-6-7-14(26)22-16-15-17(20-10-19-16)23(11-21-15)18-13(25)8-12(9-24)27-18;1-4-14-9(12)6-10(15-4)16(3-13-6)11-8(19)7(18)5(2-17)20-11;12-5-1-2-13-10-7(5)14-4-15(10)11-9(18)8(17)6(3-16)19-11;11-8-7-9(13-3-12-8)15(4-14-7)10-6(17)1-5(2-16)18-10/h9-11,14-15,18,24,26-27H,2-8H2,1H3,(H,19,20,22,25);10-13,18,24-25H,2-9H2,1H3,(H,19,20,22,26);3,5,7-8,11,17-19H,2H2,1H3,(H2,12,14,15);1-2,4,6,8-9,11,16-18H,3H2,(H2,12,13);3-6,10,16-17H,1-2H2,(H2,11,12,13)/t11-,14+,15-,18-;12-,13+,18+;5-,7+,8-,11-;6-,8?,9+,11-;5-,6+,10+/m10110/s1/i;;3D;;3D,4D. The van der Waals surface area contributed by atoms with Crippen molar-refractivity contribution in [2.45, 2.75) is 221 Å². The molecule has 10 aromatic heterocycles. The van der Waals surface area contributed by atoms with Gasteiger partial charge in [0.05, 0.1) is 82.5 Å². The van der Waals surface area contributed by atoms with Crippen molar-refractivity contribution in [1.29, 1.82) is 0 Å². The maximum Gasteiger partial charge on any atom is 0.225 e. The number of aliphatic hydroxyl groups is 13. The van der Waals surface area contributed by atoms with Crippen LogP contribution in [0.15, 0.2) is 62.8 Å². The molecule has 112 heavy (non-hydrogen) atoms. The number of ether oxygens (including phenoxy) is 5. The minimum Gasteiger partial charge on any atom is -0.397 e. The van der Waals surface area contributed by atoms with E-state index < -0.39 is 124 Å². The van der Waals surface area contributed by atoms with Crippen molar-refractivity contribution < 1.29 is 104 Å². The van der Waals surface area contributed by atoms with E-state index in [4.69, 9.17) is 60.3 Å². The van der Waals surface area contributed by atoms with Crippen molar-refractivity contribution in [3.63, 3.8) is 0 Å². The highest BCUT2D eigenvalue weighted by atomic mass is 16.6. The van der Waals surface area contributed by atoms with Crippen molar-refractivity contribution in [1.82, 2.24) is 92.6 Å². The number of carbonyl (C=O) groups is 2. The van der Waals surface area contributed by atoms with E-state index in [1.807, 2.05) is 0 Å². The number of rotatable bonds is 24. The molecule has 0 aromatic carbocycles. The molecule has 0 spiro atoms. The lowest BCUT2D eigenvalue weighted by Crippen LogP contribution is -2.33. The molecule has 0 bridgehead atoms. The van der Waals surface area contributed by atoms with E-state index in [-0.39, 0.29) is 96.7 Å². The number of nitrogens with one attached hydrogen (secondary N) is 2. The van der Waals surface area contributed by atoms with E-state index in [1.165, 1.54) is 75.4 Å². The lowest BCUT2D eigenvalue weighted by Gasteiger charge is -2.16. The lowest BCUT2D eigenvalue weighted by atomic mass is 10.1. The monoisotopic (exact) mass is 1570 g/mol. The maximum absolute atomic E-state index is 12.2. The third-order valence-corrected chi connectivity index (χ3v) is 19.1. The molecule has 608 valence electrons. The van der Waals surface area contributed by atoms with Crippen molar-refractivity contribution in [3.05, 3.63) is 68.6 Å². The van der Waals surface area contributed by atoms with Gasteiger partial charge in [-0.1, -0.05) is 65.2 Å². The minimum atomic E-state index is -1.32. The quantitative estimate of drug-likeness (QED) is 0.0306. The highest BCUT2D eigenvalue weighted by molar-refractivity contribution is 5.97. The van der Waals surface area contributed by atoms with Gasteiger partial charge in [0.25, 0.3) is 0 Å². The van der Waals surface area contributed by atoms with Crippen LogP contribution in [0, 0.1) is 6.92 Å². The fourth-order valence-electron chi connectivity index (χ4n) is 13.2. The predicted octanol–water partition coefficient (Wildman–Crippen LogP) is -1.49. The Balaban J connectivity index is 0.000000143. The van der Waals surface area contributed by atoms with Gasteiger partial charge in [-0.05, 0) is 25.8 Å². The van der Waals surface area contributed by atoms with Gasteiger partial charge in [0.1, 0.15) is 113 Å². The summed E-state index contributed by atoms with van der Waals surface area (Å²) >= 11 is 0. The first-order valence-corrected chi connectivity index (χ1v) is 36.5. The molecule has 5 fully saturated rings. The van der Waals surface area contributed by atoms with E-state index >= 15 is 0 Å². The van der Waals surface area contributed by atoms with Crippen LogP contribution in [0.5, 0.6) is 0 Å². The first kappa shape index (κ1) is 79.1. The number of imidazole rings is 5. The molecule has 5 saturated heterocycles. The Kier molecular flexibility index (Phi) is 27.1. The van der Waals surface area contributed by atoms with Crippen molar-refractivity contribution >= 4 is 96.6 Å². The molecule has 44 heteroatoms. The van der Waals surface area contributed by atoms with Gasteiger partial charge in [0, 0.05) is 31.9 Å². The Morgan fingerprint density at radius 2 is 0.857 bits per heavy atom. The second kappa shape index (κ2) is 38.3. The maximum atomic E-state index is 12.2. The molecule has 2 amide bonds. The van der Waals surface area contributed by atoms with E-state index in [2.05, 4.69) is 94.3 Å². The molecule has 15 rings (SSSR count). The summed E-state index contributed by atoms with van der Waals surface area (Å²) in [5, 5.41) is 131.